The van der Waals surface area contributed by atoms with Crippen LogP contribution in [0.25, 0.3) is 0 Å². The lowest BCUT2D eigenvalue weighted by Gasteiger charge is -2.29. The van der Waals surface area contributed by atoms with Gasteiger partial charge in [-0.1, -0.05) is 29.8 Å². The van der Waals surface area contributed by atoms with Gasteiger partial charge in [-0.3, -0.25) is 14.5 Å². The highest BCUT2D eigenvalue weighted by atomic mass is 35.5. The first-order valence-electron chi connectivity index (χ1n) is 9.33. The summed E-state index contributed by atoms with van der Waals surface area (Å²) < 4.78 is 12.9. The van der Waals surface area contributed by atoms with Gasteiger partial charge in [-0.05, 0) is 61.8 Å². The highest BCUT2D eigenvalue weighted by Crippen LogP contribution is 2.29. The Kier molecular flexibility index (Phi) is 7.01. The van der Waals surface area contributed by atoms with Gasteiger partial charge >= 0.3 is 0 Å². The smallest absolute Gasteiger partial charge is 0.251 e. The third-order valence-electron chi connectivity index (χ3n) is 4.85. The Morgan fingerprint density at radius 1 is 1.04 bits per heavy atom. The van der Waals surface area contributed by atoms with Crippen molar-refractivity contribution in [2.75, 3.05) is 26.2 Å². The summed E-state index contributed by atoms with van der Waals surface area (Å²) in [5.74, 6) is -1.12. The van der Waals surface area contributed by atoms with Gasteiger partial charge < -0.3 is 10.6 Å². The molecule has 2 aromatic rings. The largest absolute Gasteiger partial charge is 0.353 e. The summed E-state index contributed by atoms with van der Waals surface area (Å²) in [6.07, 6.45) is 2.26. The van der Waals surface area contributed by atoms with E-state index >= 15 is 0 Å². The molecular weight excluding hydrogens is 381 g/mol. The van der Waals surface area contributed by atoms with Gasteiger partial charge in [0.05, 0.1) is 12.6 Å². The number of likely N-dealkylation sites (tertiary alicyclic amines) is 1. The van der Waals surface area contributed by atoms with E-state index in [1.54, 1.807) is 0 Å². The lowest BCUT2D eigenvalue weighted by molar-refractivity contribution is -0.120. The van der Waals surface area contributed by atoms with Crippen LogP contribution in [0, 0.1) is 5.82 Å². The van der Waals surface area contributed by atoms with E-state index in [2.05, 4.69) is 15.5 Å². The normalized spacial score (nSPS) is 15.2. The molecule has 1 atom stereocenters. The van der Waals surface area contributed by atoms with E-state index < -0.39 is 11.7 Å². The van der Waals surface area contributed by atoms with Crippen LogP contribution in [0.3, 0.4) is 0 Å². The Labute approximate surface area is 168 Å². The molecule has 1 aliphatic rings. The van der Waals surface area contributed by atoms with Crippen LogP contribution in [0.2, 0.25) is 5.02 Å². The van der Waals surface area contributed by atoms with E-state index in [0.717, 1.165) is 31.5 Å². The number of amides is 2. The first-order chi connectivity index (χ1) is 13.5. The SMILES string of the molecule is O=C(CNC(=O)c1ccc(F)cc1)NCC(c1ccccc1Cl)N1CCCC1. The Bertz CT molecular complexity index is 823. The average Bonchev–Trinajstić information content (AvgIpc) is 3.22. The number of carbonyl (C=O) groups excluding carboxylic acids is 2. The number of nitrogens with zero attached hydrogens (tertiary/aromatic N) is 1. The summed E-state index contributed by atoms with van der Waals surface area (Å²) in [6, 6.07) is 12.8. The number of hydrogen-bond donors (Lipinski definition) is 2. The molecule has 2 N–H and O–H groups in total. The second-order valence-corrected chi connectivity index (χ2v) is 7.18. The van der Waals surface area contributed by atoms with Crippen LogP contribution in [0.15, 0.2) is 48.5 Å². The van der Waals surface area contributed by atoms with Crippen LogP contribution in [0.1, 0.15) is 34.8 Å². The molecule has 7 heteroatoms. The van der Waals surface area contributed by atoms with Gasteiger partial charge in [0.1, 0.15) is 5.82 Å². The van der Waals surface area contributed by atoms with Crippen molar-refractivity contribution < 1.29 is 14.0 Å². The van der Waals surface area contributed by atoms with Crippen LogP contribution in [0.5, 0.6) is 0 Å². The van der Waals surface area contributed by atoms with E-state index in [0.29, 0.717) is 17.1 Å². The fraction of sp³-hybridized carbons (Fsp3) is 0.333. The molecule has 1 heterocycles. The maximum atomic E-state index is 12.9. The Morgan fingerprint density at radius 3 is 2.39 bits per heavy atom. The number of rotatable bonds is 7. The second-order valence-electron chi connectivity index (χ2n) is 6.77. The molecule has 3 rings (SSSR count). The minimum Gasteiger partial charge on any atom is -0.353 e. The fourth-order valence-corrected chi connectivity index (χ4v) is 3.63. The predicted molar refractivity (Wildman–Crippen MR) is 107 cm³/mol. The van der Waals surface area contributed by atoms with E-state index in [9.17, 15) is 14.0 Å². The summed E-state index contributed by atoms with van der Waals surface area (Å²) in [4.78, 5) is 26.6. The van der Waals surface area contributed by atoms with Gasteiger partial charge in [0.2, 0.25) is 5.91 Å². The van der Waals surface area contributed by atoms with Crippen molar-refractivity contribution in [1.29, 1.82) is 0 Å². The zero-order valence-corrected chi connectivity index (χ0v) is 16.2. The molecule has 1 aliphatic heterocycles. The third-order valence-corrected chi connectivity index (χ3v) is 5.20. The number of carbonyl (C=O) groups is 2. The molecule has 0 aliphatic carbocycles. The van der Waals surface area contributed by atoms with Crippen molar-refractivity contribution in [3.8, 4) is 0 Å². The first-order valence-corrected chi connectivity index (χ1v) is 9.71. The lowest BCUT2D eigenvalue weighted by atomic mass is 10.1. The van der Waals surface area contributed by atoms with Crippen LogP contribution < -0.4 is 10.6 Å². The van der Waals surface area contributed by atoms with Crippen LogP contribution >= 0.6 is 11.6 Å². The second kappa shape index (κ2) is 9.66. The molecule has 5 nitrogen and oxygen atoms in total. The molecule has 2 amide bonds. The molecule has 0 saturated carbocycles. The van der Waals surface area contributed by atoms with Crippen LogP contribution in [-0.2, 0) is 4.79 Å². The molecule has 0 aromatic heterocycles. The zero-order valence-electron chi connectivity index (χ0n) is 15.5. The molecule has 1 saturated heterocycles. The molecular formula is C21H23ClFN3O2. The highest BCUT2D eigenvalue weighted by Gasteiger charge is 2.25. The van der Waals surface area contributed by atoms with Gasteiger partial charge in [0.15, 0.2) is 0 Å². The van der Waals surface area contributed by atoms with Gasteiger partial charge in [-0.25, -0.2) is 4.39 Å². The minimum atomic E-state index is -0.419. The monoisotopic (exact) mass is 403 g/mol. The molecule has 2 aromatic carbocycles. The number of nitrogens with one attached hydrogen (secondary N) is 2. The Hall–Kier alpha value is -2.44. The van der Waals surface area contributed by atoms with Crippen molar-refractivity contribution in [2.45, 2.75) is 18.9 Å². The van der Waals surface area contributed by atoms with E-state index in [1.165, 1.54) is 24.3 Å². The van der Waals surface area contributed by atoms with Crippen LogP contribution in [0.4, 0.5) is 4.39 Å². The molecule has 0 spiro atoms. The molecule has 0 bridgehead atoms. The van der Waals surface area contributed by atoms with Crippen molar-refractivity contribution in [2.24, 2.45) is 0 Å². The lowest BCUT2D eigenvalue weighted by Crippen LogP contribution is -2.41. The highest BCUT2D eigenvalue weighted by molar-refractivity contribution is 6.31. The number of halogens is 2. The van der Waals surface area contributed by atoms with Crippen molar-refractivity contribution in [1.82, 2.24) is 15.5 Å². The summed E-state index contributed by atoms with van der Waals surface area (Å²) in [7, 11) is 0. The first kappa shape index (κ1) is 20.3. The zero-order chi connectivity index (χ0) is 19.9. The summed E-state index contributed by atoms with van der Waals surface area (Å²) in [6.45, 7) is 2.20. The predicted octanol–water partition coefficient (Wildman–Crippen LogP) is 3.16. The summed E-state index contributed by atoms with van der Waals surface area (Å²) in [5, 5.41) is 6.12. The van der Waals surface area contributed by atoms with E-state index in [1.807, 2.05) is 24.3 Å². The standard InChI is InChI=1S/C21H23ClFN3O2/c22-18-6-2-1-5-17(18)19(26-11-3-4-12-26)13-24-20(27)14-25-21(28)15-7-9-16(23)10-8-15/h1-2,5-10,19H,3-4,11-14H2,(H,24,27)(H,25,28). The topological polar surface area (TPSA) is 61.4 Å². The van der Waals surface area contributed by atoms with Gasteiger partial charge in [0, 0.05) is 17.1 Å². The molecule has 148 valence electrons. The average molecular weight is 404 g/mol. The van der Waals surface area contributed by atoms with Crippen molar-refractivity contribution >= 4 is 23.4 Å². The van der Waals surface area contributed by atoms with Gasteiger partial charge in [0.25, 0.3) is 5.91 Å². The Balaban J connectivity index is 1.55. The maximum Gasteiger partial charge on any atom is 0.251 e. The molecule has 0 radical (unpaired) electrons. The quantitative estimate of drug-likeness (QED) is 0.746. The minimum absolute atomic E-state index is 0.00653. The third kappa shape index (κ3) is 5.30. The fourth-order valence-electron chi connectivity index (χ4n) is 3.37. The summed E-state index contributed by atoms with van der Waals surface area (Å²) in [5.41, 5.74) is 1.29. The number of benzene rings is 2. The molecule has 1 fully saturated rings. The molecule has 1 unspecified atom stereocenters. The van der Waals surface area contributed by atoms with E-state index in [-0.39, 0.29) is 18.5 Å². The summed E-state index contributed by atoms with van der Waals surface area (Å²) >= 11 is 6.37. The molecule has 28 heavy (non-hydrogen) atoms. The number of hydrogen-bond acceptors (Lipinski definition) is 3. The maximum absolute atomic E-state index is 12.9. The Morgan fingerprint density at radius 2 is 1.71 bits per heavy atom. The van der Waals surface area contributed by atoms with Crippen molar-refractivity contribution in [3.05, 3.63) is 70.5 Å². The van der Waals surface area contributed by atoms with Gasteiger partial charge in [-0.2, -0.15) is 0 Å². The van der Waals surface area contributed by atoms with Crippen molar-refractivity contribution in [3.63, 3.8) is 0 Å². The van der Waals surface area contributed by atoms with Crippen LogP contribution in [-0.4, -0.2) is 42.9 Å². The van der Waals surface area contributed by atoms with E-state index in [4.69, 9.17) is 11.6 Å². The van der Waals surface area contributed by atoms with Gasteiger partial charge in [-0.15, -0.1) is 0 Å².